The molecule has 3 rings (SSSR count). The summed E-state index contributed by atoms with van der Waals surface area (Å²) in [6.07, 6.45) is 1.75. The first-order valence-electron chi connectivity index (χ1n) is 10.2. The van der Waals surface area contributed by atoms with Crippen LogP contribution in [0.2, 0.25) is 0 Å². The third-order valence-electron chi connectivity index (χ3n) is 4.64. The molecule has 0 saturated carbocycles. The van der Waals surface area contributed by atoms with Gasteiger partial charge in [0.05, 0.1) is 11.4 Å². The van der Waals surface area contributed by atoms with Gasteiger partial charge in [0.1, 0.15) is 5.75 Å². The predicted molar refractivity (Wildman–Crippen MR) is 116 cm³/mol. The molecule has 0 radical (unpaired) electrons. The molecular weight excluding hydrogens is 362 g/mol. The van der Waals surface area contributed by atoms with Crippen molar-refractivity contribution in [3.63, 3.8) is 0 Å². The first-order chi connectivity index (χ1) is 14.0. The largest absolute Gasteiger partial charge is 0.439 e. The lowest BCUT2D eigenvalue weighted by molar-refractivity contribution is -0.121. The van der Waals surface area contributed by atoms with E-state index in [1.165, 1.54) is 5.56 Å². The van der Waals surface area contributed by atoms with Crippen molar-refractivity contribution in [2.45, 2.75) is 53.0 Å². The lowest BCUT2D eigenvalue weighted by Crippen LogP contribution is -2.30. The Balaban J connectivity index is 1.99. The van der Waals surface area contributed by atoms with Crippen molar-refractivity contribution in [1.82, 2.24) is 15.1 Å². The number of nitrogens with zero attached hydrogens (tertiary/aromatic N) is 2. The molecule has 0 saturated heterocycles. The van der Waals surface area contributed by atoms with Gasteiger partial charge in [-0.05, 0) is 57.9 Å². The van der Waals surface area contributed by atoms with E-state index in [0.29, 0.717) is 18.7 Å². The number of hydrogen-bond acceptors (Lipinski definition) is 3. The topological polar surface area (TPSA) is 56.2 Å². The van der Waals surface area contributed by atoms with Gasteiger partial charge in [0.25, 0.3) is 0 Å². The number of aromatic nitrogens is 2. The molecule has 1 aromatic heterocycles. The maximum Gasteiger partial charge on any atom is 0.226 e. The van der Waals surface area contributed by atoms with Crippen LogP contribution in [0.25, 0.3) is 5.69 Å². The number of hydrogen-bond donors (Lipinski definition) is 1. The molecule has 0 fully saturated rings. The fourth-order valence-electron chi connectivity index (χ4n) is 3.21. The maximum atomic E-state index is 12.2. The van der Waals surface area contributed by atoms with E-state index in [-0.39, 0.29) is 11.9 Å². The van der Waals surface area contributed by atoms with Gasteiger partial charge < -0.3 is 10.1 Å². The zero-order valence-electron chi connectivity index (χ0n) is 17.6. The van der Waals surface area contributed by atoms with Crippen molar-refractivity contribution in [3.8, 4) is 17.3 Å². The summed E-state index contributed by atoms with van der Waals surface area (Å²) in [6.45, 7) is 8.06. The van der Waals surface area contributed by atoms with Gasteiger partial charge in [0.15, 0.2) is 0 Å². The van der Waals surface area contributed by atoms with Crippen LogP contribution in [-0.2, 0) is 17.6 Å². The van der Waals surface area contributed by atoms with Crippen LogP contribution in [0.15, 0.2) is 54.6 Å². The predicted octanol–water partition coefficient (Wildman–Crippen LogP) is 4.99. The summed E-state index contributed by atoms with van der Waals surface area (Å²) in [5, 5.41) is 7.77. The van der Waals surface area contributed by atoms with Gasteiger partial charge in [0.2, 0.25) is 11.8 Å². The summed E-state index contributed by atoms with van der Waals surface area (Å²) in [5.41, 5.74) is 4.04. The van der Waals surface area contributed by atoms with Gasteiger partial charge in [-0.25, -0.2) is 4.68 Å². The number of rotatable bonds is 8. The van der Waals surface area contributed by atoms with E-state index < -0.39 is 0 Å². The highest BCUT2D eigenvalue weighted by molar-refractivity contribution is 5.76. The number of aryl methyl sites for hydroxylation is 2. The molecule has 0 bridgehead atoms. The van der Waals surface area contributed by atoms with E-state index in [1.807, 2.05) is 80.1 Å². The zero-order chi connectivity index (χ0) is 20.8. The molecule has 0 unspecified atom stereocenters. The van der Waals surface area contributed by atoms with Crippen molar-refractivity contribution >= 4 is 5.91 Å². The highest BCUT2D eigenvalue weighted by Crippen LogP contribution is 2.32. The van der Waals surface area contributed by atoms with E-state index in [2.05, 4.69) is 12.2 Å². The molecule has 1 amide bonds. The average molecular weight is 392 g/mol. The van der Waals surface area contributed by atoms with Gasteiger partial charge in [-0.3, -0.25) is 4.79 Å². The fourth-order valence-corrected chi connectivity index (χ4v) is 3.21. The second kappa shape index (κ2) is 9.41. The normalized spacial score (nSPS) is 10.9. The number of para-hydroxylation sites is 1. The summed E-state index contributed by atoms with van der Waals surface area (Å²) in [4.78, 5) is 12.2. The van der Waals surface area contributed by atoms with Crippen LogP contribution in [-0.4, -0.2) is 21.7 Å². The van der Waals surface area contributed by atoms with Crippen LogP contribution >= 0.6 is 0 Å². The van der Waals surface area contributed by atoms with Crippen molar-refractivity contribution in [1.29, 1.82) is 0 Å². The van der Waals surface area contributed by atoms with Gasteiger partial charge in [-0.1, -0.05) is 42.8 Å². The van der Waals surface area contributed by atoms with Crippen LogP contribution in [0.3, 0.4) is 0 Å². The first-order valence-corrected chi connectivity index (χ1v) is 10.2. The summed E-state index contributed by atoms with van der Waals surface area (Å²) < 4.78 is 8.16. The monoisotopic (exact) mass is 391 g/mol. The van der Waals surface area contributed by atoms with Crippen LogP contribution in [0.5, 0.6) is 11.6 Å². The minimum atomic E-state index is 0.0378. The third-order valence-corrected chi connectivity index (χ3v) is 4.64. The third kappa shape index (κ3) is 5.25. The van der Waals surface area contributed by atoms with Crippen LogP contribution in [0.1, 0.15) is 44.0 Å². The fraction of sp³-hybridized carbons (Fsp3) is 0.333. The molecule has 0 spiro atoms. The molecule has 5 heteroatoms. The molecule has 3 aromatic rings. The standard InChI is InChI=1S/C24H29N3O2/c1-5-22-21(15-16-23(28)25-17(2)3)24(29-20-13-11-18(4)12-14-20)27(26-22)19-9-7-6-8-10-19/h6-14,17H,5,15-16H2,1-4H3,(H,25,28). The van der Waals surface area contributed by atoms with Gasteiger partial charge in [0, 0.05) is 18.0 Å². The lowest BCUT2D eigenvalue weighted by atomic mass is 10.1. The molecule has 5 nitrogen and oxygen atoms in total. The lowest BCUT2D eigenvalue weighted by Gasteiger charge is -2.12. The van der Waals surface area contributed by atoms with Crippen molar-refractivity contribution < 1.29 is 9.53 Å². The zero-order valence-corrected chi connectivity index (χ0v) is 17.6. The number of benzene rings is 2. The minimum Gasteiger partial charge on any atom is -0.439 e. The molecular formula is C24H29N3O2. The summed E-state index contributed by atoms with van der Waals surface area (Å²) in [5.74, 6) is 1.47. The Bertz CT molecular complexity index is 944. The Hall–Kier alpha value is -3.08. The average Bonchev–Trinajstić information content (AvgIpc) is 3.05. The number of carbonyl (C=O) groups is 1. The van der Waals surface area contributed by atoms with Crippen molar-refractivity contribution in [3.05, 3.63) is 71.4 Å². The van der Waals surface area contributed by atoms with Crippen molar-refractivity contribution in [2.75, 3.05) is 0 Å². The van der Waals surface area contributed by atoms with E-state index in [1.54, 1.807) is 0 Å². The van der Waals surface area contributed by atoms with Gasteiger partial charge in [-0.15, -0.1) is 0 Å². The van der Waals surface area contributed by atoms with Crippen LogP contribution in [0, 0.1) is 6.92 Å². The van der Waals surface area contributed by atoms with Gasteiger partial charge >= 0.3 is 0 Å². The van der Waals surface area contributed by atoms with E-state index >= 15 is 0 Å². The van der Waals surface area contributed by atoms with Crippen LogP contribution in [0.4, 0.5) is 0 Å². The van der Waals surface area contributed by atoms with E-state index in [4.69, 9.17) is 9.84 Å². The van der Waals surface area contributed by atoms with Crippen molar-refractivity contribution in [2.24, 2.45) is 0 Å². The second-order valence-corrected chi connectivity index (χ2v) is 7.47. The maximum absolute atomic E-state index is 12.2. The quantitative estimate of drug-likeness (QED) is 0.588. The Morgan fingerprint density at radius 2 is 1.79 bits per heavy atom. The van der Waals surface area contributed by atoms with Gasteiger partial charge in [-0.2, -0.15) is 5.10 Å². The molecule has 29 heavy (non-hydrogen) atoms. The summed E-state index contributed by atoms with van der Waals surface area (Å²) in [7, 11) is 0. The minimum absolute atomic E-state index is 0.0378. The molecule has 0 aliphatic carbocycles. The van der Waals surface area contributed by atoms with E-state index in [9.17, 15) is 4.79 Å². The Kier molecular flexibility index (Phi) is 6.70. The molecule has 2 aromatic carbocycles. The highest BCUT2D eigenvalue weighted by Gasteiger charge is 2.21. The molecule has 1 N–H and O–H groups in total. The van der Waals surface area contributed by atoms with Crippen LogP contribution < -0.4 is 10.1 Å². The smallest absolute Gasteiger partial charge is 0.226 e. The Morgan fingerprint density at radius 1 is 1.10 bits per heavy atom. The SMILES string of the molecule is CCc1nn(-c2ccccc2)c(Oc2ccc(C)cc2)c1CCC(=O)NC(C)C. The molecule has 152 valence electrons. The number of nitrogens with one attached hydrogen (secondary N) is 1. The molecule has 0 aliphatic rings. The Morgan fingerprint density at radius 3 is 2.41 bits per heavy atom. The first kappa shape index (κ1) is 20.6. The summed E-state index contributed by atoms with van der Waals surface area (Å²) >= 11 is 0. The molecule has 0 atom stereocenters. The molecule has 0 aliphatic heterocycles. The highest BCUT2D eigenvalue weighted by atomic mass is 16.5. The summed E-state index contributed by atoms with van der Waals surface area (Å²) in [6, 6.07) is 18.0. The number of amides is 1. The number of ether oxygens (including phenoxy) is 1. The Labute approximate surface area is 172 Å². The molecule has 1 heterocycles. The second-order valence-electron chi connectivity index (χ2n) is 7.47. The van der Waals surface area contributed by atoms with E-state index in [0.717, 1.165) is 29.1 Å². The number of carbonyl (C=O) groups excluding carboxylic acids is 1.